The molecule has 0 radical (unpaired) electrons. The largest absolute Gasteiger partial charge is 0.162 e. The van der Waals surface area contributed by atoms with E-state index in [2.05, 4.69) is 34.8 Å². The van der Waals surface area contributed by atoms with Crippen molar-refractivity contribution >= 4 is 21.0 Å². The van der Waals surface area contributed by atoms with Gasteiger partial charge in [0.05, 0.1) is 0 Å². The van der Waals surface area contributed by atoms with E-state index in [9.17, 15) is 0 Å². The topological polar surface area (TPSA) is 0 Å². The van der Waals surface area contributed by atoms with Crippen LogP contribution in [0.15, 0.2) is 0 Å². The molecule has 0 bridgehead atoms. The normalized spacial score (nSPS) is 13.0. The first kappa shape index (κ1) is 15.8. The van der Waals surface area contributed by atoms with Crippen molar-refractivity contribution in [1.82, 2.24) is 0 Å². The zero-order chi connectivity index (χ0) is 11.4. The van der Waals surface area contributed by atoms with Crippen molar-refractivity contribution in [3.05, 3.63) is 0 Å². The highest BCUT2D eigenvalue weighted by molar-refractivity contribution is 7.99. The Morgan fingerprint density at radius 3 is 2.53 bits per heavy atom. The first-order valence-corrected chi connectivity index (χ1v) is 8.56. The van der Waals surface area contributed by atoms with Gasteiger partial charge in [-0.15, -0.1) is 9.24 Å². The first-order valence-electron chi connectivity index (χ1n) is 6.59. The fourth-order valence-electron chi connectivity index (χ4n) is 1.64. The number of unbranched alkanes of at least 4 members (excludes halogenated alkanes) is 4. The number of rotatable bonds is 11. The summed E-state index contributed by atoms with van der Waals surface area (Å²) >= 11 is 2.16. The lowest BCUT2D eigenvalue weighted by Gasteiger charge is -2.10. The fraction of sp³-hybridized carbons (Fsp3) is 1.00. The van der Waals surface area contributed by atoms with Crippen LogP contribution in [-0.2, 0) is 0 Å². The number of hydrogen-bond acceptors (Lipinski definition) is 1. The van der Waals surface area contributed by atoms with Crippen LogP contribution in [0, 0.1) is 5.92 Å². The van der Waals surface area contributed by atoms with Crippen LogP contribution in [-0.4, -0.2) is 17.7 Å². The predicted octanol–water partition coefficient (Wildman–Crippen LogP) is 4.98. The van der Waals surface area contributed by atoms with Gasteiger partial charge in [0, 0.05) is 0 Å². The molecule has 15 heavy (non-hydrogen) atoms. The predicted molar refractivity (Wildman–Crippen MR) is 79.1 cm³/mol. The quantitative estimate of drug-likeness (QED) is 0.367. The lowest BCUT2D eigenvalue weighted by atomic mass is 10.1. The summed E-state index contributed by atoms with van der Waals surface area (Å²) < 4.78 is 0. The minimum absolute atomic E-state index is 0.934. The Kier molecular flexibility index (Phi) is 13.5. The Labute approximate surface area is 104 Å². The van der Waals surface area contributed by atoms with Crippen molar-refractivity contribution in [3.8, 4) is 0 Å². The van der Waals surface area contributed by atoms with Gasteiger partial charge in [-0.05, 0) is 42.8 Å². The molecule has 2 atom stereocenters. The second-order valence-electron chi connectivity index (χ2n) is 4.53. The van der Waals surface area contributed by atoms with Crippen LogP contribution in [0.25, 0.3) is 0 Å². The second kappa shape index (κ2) is 12.8. The molecule has 0 rings (SSSR count). The molecule has 0 aromatic carbocycles. The van der Waals surface area contributed by atoms with Crippen LogP contribution in [0.1, 0.15) is 58.8 Å². The molecule has 0 aromatic rings. The molecule has 0 aromatic heterocycles. The maximum atomic E-state index is 2.81. The smallest absolute Gasteiger partial charge is 0.00418 e. The molecule has 0 spiro atoms. The molecule has 0 aliphatic carbocycles. The summed E-state index contributed by atoms with van der Waals surface area (Å²) in [5.41, 5.74) is 0. The summed E-state index contributed by atoms with van der Waals surface area (Å²) in [7, 11) is 2.81. The monoisotopic (exact) mass is 248 g/mol. The molecule has 0 saturated heterocycles. The Morgan fingerprint density at radius 1 is 1.07 bits per heavy atom. The Morgan fingerprint density at radius 2 is 1.87 bits per heavy atom. The summed E-state index contributed by atoms with van der Waals surface area (Å²) in [6.07, 6.45) is 11.1. The average molecular weight is 248 g/mol. The first-order chi connectivity index (χ1) is 7.31. The molecule has 2 unspecified atom stereocenters. The van der Waals surface area contributed by atoms with E-state index in [1.165, 1.54) is 62.6 Å². The van der Waals surface area contributed by atoms with Crippen LogP contribution in [0.2, 0.25) is 0 Å². The average Bonchev–Trinajstić information content (AvgIpc) is 2.23. The van der Waals surface area contributed by atoms with Crippen LogP contribution in [0.4, 0.5) is 0 Å². The van der Waals surface area contributed by atoms with Gasteiger partial charge in [0.25, 0.3) is 0 Å². The highest BCUT2D eigenvalue weighted by Crippen LogP contribution is 2.16. The molecule has 0 saturated carbocycles. The number of hydrogen-bond donors (Lipinski definition) is 0. The zero-order valence-corrected chi connectivity index (χ0v) is 12.6. The molecule has 92 valence electrons. The molecule has 0 fully saturated rings. The third-order valence-corrected chi connectivity index (χ3v) is 4.49. The zero-order valence-electron chi connectivity index (χ0n) is 10.6. The molecule has 0 nitrogen and oxygen atoms in total. The molecule has 0 aliphatic heterocycles. The van der Waals surface area contributed by atoms with E-state index in [4.69, 9.17) is 0 Å². The SMILES string of the molecule is CCCCCC(C)CSCCCCCP. The summed E-state index contributed by atoms with van der Waals surface area (Å²) in [5, 5.41) is 0. The third kappa shape index (κ3) is 12.7. The lowest BCUT2D eigenvalue weighted by molar-refractivity contribution is 0.541. The summed E-state index contributed by atoms with van der Waals surface area (Å²) in [6, 6.07) is 0. The molecule has 0 N–H and O–H groups in total. The van der Waals surface area contributed by atoms with E-state index in [-0.39, 0.29) is 0 Å². The summed E-state index contributed by atoms with van der Waals surface area (Å²) in [4.78, 5) is 0. The minimum Gasteiger partial charge on any atom is -0.162 e. The highest BCUT2D eigenvalue weighted by atomic mass is 32.2. The number of thioether (sulfide) groups is 1. The van der Waals surface area contributed by atoms with Crippen molar-refractivity contribution in [3.63, 3.8) is 0 Å². The van der Waals surface area contributed by atoms with Gasteiger partial charge in [-0.2, -0.15) is 11.8 Å². The molecule has 0 amide bonds. The van der Waals surface area contributed by atoms with Gasteiger partial charge in [-0.25, -0.2) is 0 Å². The van der Waals surface area contributed by atoms with Gasteiger partial charge >= 0.3 is 0 Å². The maximum Gasteiger partial charge on any atom is -0.00418 e. The summed E-state index contributed by atoms with van der Waals surface area (Å²) in [5.74, 6) is 3.69. The van der Waals surface area contributed by atoms with Gasteiger partial charge in [0.1, 0.15) is 0 Å². The standard InChI is InChI=1S/C13H29PS/c1-3-4-6-9-13(2)12-15-11-8-5-7-10-14/h13H,3-12,14H2,1-2H3. The van der Waals surface area contributed by atoms with Crippen LogP contribution < -0.4 is 0 Å². The lowest BCUT2D eigenvalue weighted by Crippen LogP contribution is -1.99. The van der Waals surface area contributed by atoms with Crippen molar-refractivity contribution in [2.45, 2.75) is 58.8 Å². The van der Waals surface area contributed by atoms with Gasteiger partial charge in [-0.1, -0.05) is 39.5 Å². The van der Waals surface area contributed by atoms with E-state index in [0.29, 0.717) is 0 Å². The van der Waals surface area contributed by atoms with Crippen molar-refractivity contribution in [2.75, 3.05) is 17.7 Å². The van der Waals surface area contributed by atoms with Crippen molar-refractivity contribution in [2.24, 2.45) is 5.92 Å². The highest BCUT2D eigenvalue weighted by Gasteiger charge is 2.01. The van der Waals surface area contributed by atoms with Crippen LogP contribution in [0.5, 0.6) is 0 Å². The molecular weight excluding hydrogens is 219 g/mol. The minimum atomic E-state index is 0.934. The van der Waals surface area contributed by atoms with E-state index in [0.717, 1.165) is 5.92 Å². The van der Waals surface area contributed by atoms with Crippen LogP contribution in [0.3, 0.4) is 0 Å². The Hall–Kier alpha value is 0.780. The van der Waals surface area contributed by atoms with E-state index in [1.54, 1.807) is 0 Å². The van der Waals surface area contributed by atoms with Gasteiger partial charge in [0.15, 0.2) is 0 Å². The van der Waals surface area contributed by atoms with E-state index >= 15 is 0 Å². The Balaban J connectivity index is 3.06. The van der Waals surface area contributed by atoms with Crippen LogP contribution >= 0.6 is 21.0 Å². The fourth-order valence-corrected chi connectivity index (χ4v) is 3.07. The second-order valence-corrected chi connectivity index (χ2v) is 6.25. The van der Waals surface area contributed by atoms with Gasteiger partial charge in [-0.3, -0.25) is 0 Å². The molecule has 0 aliphatic rings. The maximum absolute atomic E-state index is 2.81. The van der Waals surface area contributed by atoms with E-state index < -0.39 is 0 Å². The van der Waals surface area contributed by atoms with Crippen molar-refractivity contribution < 1.29 is 0 Å². The molecule has 2 heteroatoms. The summed E-state index contributed by atoms with van der Waals surface area (Å²) in [6.45, 7) is 4.69. The van der Waals surface area contributed by atoms with Gasteiger partial charge in [0.2, 0.25) is 0 Å². The molecule has 0 heterocycles. The third-order valence-electron chi connectivity index (χ3n) is 2.70. The van der Waals surface area contributed by atoms with Crippen molar-refractivity contribution in [1.29, 1.82) is 0 Å². The molecular formula is C13H29PS. The Bertz CT molecular complexity index is 117. The van der Waals surface area contributed by atoms with E-state index in [1.807, 2.05) is 0 Å². The van der Waals surface area contributed by atoms with Gasteiger partial charge < -0.3 is 0 Å².